The molecule has 3 rings (SSSR count). The topological polar surface area (TPSA) is 86.8 Å². The fourth-order valence-corrected chi connectivity index (χ4v) is 5.93. The van der Waals surface area contributed by atoms with Crippen molar-refractivity contribution in [3.8, 4) is 0 Å². The average molecular weight is 659 g/mol. The van der Waals surface area contributed by atoms with E-state index in [1.165, 1.54) is 23.1 Å². The smallest absolute Gasteiger partial charge is 0.244 e. The monoisotopic (exact) mass is 657 g/mol. The van der Waals surface area contributed by atoms with Gasteiger partial charge in [0.15, 0.2) is 0 Å². The first-order valence-corrected chi connectivity index (χ1v) is 16.2. The molecule has 0 aliphatic carbocycles. The molecule has 2 atom stereocenters. The van der Waals surface area contributed by atoms with Gasteiger partial charge in [-0.05, 0) is 49.2 Å². The van der Waals surface area contributed by atoms with E-state index in [0.29, 0.717) is 22.0 Å². The van der Waals surface area contributed by atoms with Crippen LogP contribution in [-0.2, 0) is 32.6 Å². The van der Waals surface area contributed by atoms with Gasteiger partial charge in [-0.2, -0.15) is 0 Å². The lowest BCUT2D eigenvalue weighted by atomic mass is 10.0. The van der Waals surface area contributed by atoms with Crippen LogP contribution in [-0.4, -0.2) is 50.0 Å². The number of anilines is 1. The number of nitrogens with one attached hydrogen (secondary N) is 1. The third-order valence-electron chi connectivity index (χ3n) is 6.52. The van der Waals surface area contributed by atoms with E-state index in [0.717, 1.165) is 16.1 Å². The molecule has 0 saturated heterocycles. The molecule has 1 N–H and O–H groups in total. The largest absolute Gasteiger partial charge is 0.352 e. The number of carbonyl (C=O) groups is 2. The van der Waals surface area contributed by atoms with Crippen LogP contribution in [0.5, 0.6) is 0 Å². The van der Waals surface area contributed by atoms with Gasteiger partial charge >= 0.3 is 0 Å². The molecule has 0 radical (unpaired) electrons. The first-order valence-electron chi connectivity index (χ1n) is 12.8. The SMILES string of the molecule is CC[C@@H](C)NC(=O)[C@@H](Cc1ccccc1)N(Cc1c(Cl)cccc1Cl)C(=O)CN(c1cc(Cl)ccc1Cl)S(C)(=O)=O. The summed E-state index contributed by atoms with van der Waals surface area (Å²) in [6, 6.07) is 17.3. The molecule has 0 aliphatic heterocycles. The third kappa shape index (κ3) is 9.00. The number of sulfonamides is 1. The molecule has 41 heavy (non-hydrogen) atoms. The molecule has 0 saturated carbocycles. The normalized spacial score (nSPS) is 12.9. The second-order valence-electron chi connectivity index (χ2n) is 9.61. The second kappa shape index (κ2) is 14.6. The van der Waals surface area contributed by atoms with Crippen molar-refractivity contribution in [1.82, 2.24) is 10.2 Å². The minimum atomic E-state index is -4.01. The predicted octanol–water partition coefficient (Wildman–Crippen LogP) is 6.62. The van der Waals surface area contributed by atoms with Crippen LogP contribution >= 0.6 is 46.4 Å². The van der Waals surface area contributed by atoms with Crippen LogP contribution in [0, 0.1) is 0 Å². The van der Waals surface area contributed by atoms with Gasteiger partial charge in [0, 0.05) is 39.6 Å². The van der Waals surface area contributed by atoms with E-state index in [1.54, 1.807) is 18.2 Å². The van der Waals surface area contributed by atoms with Crippen LogP contribution in [0.1, 0.15) is 31.4 Å². The molecule has 7 nitrogen and oxygen atoms in total. The Morgan fingerprint density at radius 1 is 0.902 bits per heavy atom. The number of amides is 2. The van der Waals surface area contributed by atoms with E-state index < -0.39 is 34.4 Å². The predicted molar refractivity (Wildman–Crippen MR) is 167 cm³/mol. The van der Waals surface area contributed by atoms with E-state index in [1.807, 2.05) is 44.2 Å². The number of rotatable bonds is 12. The Hall–Kier alpha value is -2.49. The third-order valence-corrected chi connectivity index (χ3v) is 8.91. The number of halogens is 4. The molecule has 0 bridgehead atoms. The van der Waals surface area contributed by atoms with Gasteiger partial charge in [0.1, 0.15) is 12.6 Å². The van der Waals surface area contributed by atoms with Crippen molar-refractivity contribution in [3.05, 3.63) is 97.9 Å². The number of hydrogen-bond donors (Lipinski definition) is 1. The zero-order valence-corrected chi connectivity index (χ0v) is 26.6. The Kier molecular flexibility index (Phi) is 11.8. The molecule has 3 aromatic rings. The Morgan fingerprint density at radius 3 is 2.12 bits per heavy atom. The van der Waals surface area contributed by atoms with Crippen LogP contribution in [0.15, 0.2) is 66.7 Å². The molecule has 3 aromatic carbocycles. The summed E-state index contributed by atoms with van der Waals surface area (Å²) in [7, 11) is -4.01. The number of nitrogens with zero attached hydrogens (tertiary/aromatic N) is 2. The molecule has 0 spiro atoms. The molecule has 12 heteroatoms. The highest BCUT2D eigenvalue weighted by atomic mass is 35.5. The molecule has 0 fully saturated rings. The van der Waals surface area contributed by atoms with E-state index in [-0.39, 0.29) is 34.7 Å². The molecule has 0 unspecified atom stereocenters. The Balaban J connectivity index is 2.13. The summed E-state index contributed by atoms with van der Waals surface area (Å²) in [6.07, 6.45) is 1.79. The lowest BCUT2D eigenvalue weighted by Gasteiger charge is -2.34. The van der Waals surface area contributed by atoms with Gasteiger partial charge in [0.25, 0.3) is 0 Å². The summed E-state index contributed by atoms with van der Waals surface area (Å²) in [5.74, 6) is -1.06. The molecule has 0 heterocycles. The number of carbonyl (C=O) groups excluding carboxylic acids is 2. The fraction of sp³-hybridized carbons (Fsp3) is 0.310. The summed E-state index contributed by atoms with van der Waals surface area (Å²) >= 11 is 25.4. The van der Waals surface area contributed by atoms with Crippen LogP contribution in [0.4, 0.5) is 5.69 Å². The summed E-state index contributed by atoms with van der Waals surface area (Å²) in [5.41, 5.74) is 1.26. The van der Waals surface area contributed by atoms with Crippen molar-refractivity contribution in [2.45, 2.75) is 45.3 Å². The minimum Gasteiger partial charge on any atom is -0.352 e. The molecular formula is C29H31Cl4N3O4S. The van der Waals surface area contributed by atoms with Gasteiger partial charge in [-0.3, -0.25) is 13.9 Å². The summed E-state index contributed by atoms with van der Waals surface area (Å²) < 4.78 is 26.7. The van der Waals surface area contributed by atoms with Crippen molar-refractivity contribution in [2.75, 3.05) is 17.1 Å². The van der Waals surface area contributed by atoms with Crippen molar-refractivity contribution in [1.29, 1.82) is 0 Å². The zero-order valence-electron chi connectivity index (χ0n) is 22.8. The summed E-state index contributed by atoms with van der Waals surface area (Å²) in [4.78, 5) is 29.2. The second-order valence-corrected chi connectivity index (χ2v) is 13.2. The van der Waals surface area contributed by atoms with Gasteiger partial charge in [-0.25, -0.2) is 8.42 Å². The van der Waals surface area contributed by atoms with E-state index >= 15 is 0 Å². The molecular weight excluding hydrogens is 628 g/mol. The Labute approximate surface area is 261 Å². The van der Waals surface area contributed by atoms with Gasteiger partial charge in [0.05, 0.1) is 17.0 Å². The minimum absolute atomic E-state index is 0.0365. The van der Waals surface area contributed by atoms with Crippen molar-refractivity contribution >= 4 is 73.9 Å². The first kappa shape index (κ1) is 33.0. The number of benzene rings is 3. The Bertz CT molecular complexity index is 1470. The standard InChI is InChI=1S/C29H31Cl4N3O4S/c1-4-19(2)34-29(38)27(15-20-9-6-5-7-10-20)35(17-22-23(31)11-8-12-24(22)32)28(37)18-36(41(3,39)40)26-16-21(30)13-14-25(26)33/h5-14,16,19,27H,4,15,17-18H2,1-3H3,(H,34,38)/t19-,27-/m1/s1. The zero-order chi connectivity index (χ0) is 30.3. The average Bonchev–Trinajstić information content (AvgIpc) is 2.91. The van der Waals surface area contributed by atoms with Crippen LogP contribution in [0.3, 0.4) is 0 Å². The van der Waals surface area contributed by atoms with Gasteiger partial charge in [-0.15, -0.1) is 0 Å². The Morgan fingerprint density at radius 2 is 1.54 bits per heavy atom. The highest BCUT2D eigenvalue weighted by Crippen LogP contribution is 2.32. The molecule has 2 amide bonds. The van der Waals surface area contributed by atoms with Crippen molar-refractivity contribution in [2.24, 2.45) is 0 Å². The van der Waals surface area contributed by atoms with Crippen LogP contribution in [0.25, 0.3) is 0 Å². The van der Waals surface area contributed by atoms with Crippen LogP contribution < -0.4 is 9.62 Å². The highest BCUT2D eigenvalue weighted by Gasteiger charge is 2.34. The van der Waals surface area contributed by atoms with E-state index in [9.17, 15) is 18.0 Å². The quantitative estimate of drug-likeness (QED) is 0.237. The lowest BCUT2D eigenvalue weighted by Crippen LogP contribution is -2.54. The highest BCUT2D eigenvalue weighted by molar-refractivity contribution is 7.92. The van der Waals surface area contributed by atoms with Gasteiger partial charge < -0.3 is 10.2 Å². The van der Waals surface area contributed by atoms with Gasteiger partial charge in [-0.1, -0.05) is 89.7 Å². The summed E-state index contributed by atoms with van der Waals surface area (Å²) in [6.45, 7) is 3.00. The lowest BCUT2D eigenvalue weighted by molar-refractivity contribution is -0.140. The van der Waals surface area contributed by atoms with E-state index in [4.69, 9.17) is 46.4 Å². The fourth-order valence-electron chi connectivity index (χ4n) is 4.12. The molecule has 0 aromatic heterocycles. The maximum Gasteiger partial charge on any atom is 0.244 e. The van der Waals surface area contributed by atoms with Crippen molar-refractivity contribution < 1.29 is 18.0 Å². The molecule has 220 valence electrons. The molecule has 0 aliphatic rings. The van der Waals surface area contributed by atoms with Gasteiger partial charge in [0.2, 0.25) is 21.8 Å². The first-order chi connectivity index (χ1) is 19.3. The summed E-state index contributed by atoms with van der Waals surface area (Å²) in [5, 5.41) is 3.89. The van der Waals surface area contributed by atoms with Crippen molar-refractivity contribution in [3.63, 3.8) is 0 Å². The van der Waals surface area contributed by atoms with E-state index in [2.05, 4.69) is 5.32 Å². The van der Waals surface area contributed by atoms with Crippen LogP contribution in [0.2, 0.25) is 20.1 Å². The number of hydrogen-bond acceptors (Lipinski definition) is 4. The maximum absolute atomic E-state index is 14.2. The maximum atomic E-state index is 14.2.